The van der Waals surface area contributed by atoms with Crippen LogP contribution in [-0.4, -0.2) is 74.2 Å². The minimum absolute atomic E-state index is 0.00193. The average molecular weight is 357 g/mol. The molecule has 0 unspecified atom stereocenters. The van der Waals surface area contributed by atoms with Gasteiger partial charge in [-0.1, -0.05) is 30.3 Å². The van der Waals surface area contributed by atoms with Crippen LogP contribution in [-0.2, 0) is 9.53 Å². The summed E-state index contributed by atoms with van der Waals surface area (Å²) in [5, 5.41) is 3.19. The fraction of sp³-hybridized carbons (Fsp3) is 0.571. The molecule has 0 bridgehead atoms. The molecule has 26 heavy (non-hydrogen) atoms. The molecule has 2 aliphatic heterocycles. The van der Waals surface area contributed by atoms with Gasteiger partial charge in [0.05, 0.1) is 13.2 Å². The molecule has 0 aromatic heterocycles. The summed E-state index contributed by atoms with van der Waals surface area (Å²) < 4.78 is 5.53. The van der Waals surface area contributed by atoms with Gasteiger partial charge in [0.2, 0.25) is 5.91 Å². The number of hydrogen-bond acceptors (Lipinski definition) is 4. The van der Waals surface area contributed by atoms with Gasteiger partial charge >= 0.3 is 0 Å². The second kappa shape index (κ2) is 8.80. The lowest BCUT2D eigenvalue weighted by Gasteiger charge is -2.49. The molecule has 0 saturated carbocycles. The van der Waals surface area contributed by atoms with E-state index in [-0.39, 0.29) is 11.4 Å². The topological polar surface area (TPSA) is 44.8 Å². The minimum Gasteiger partial charge on any atom is -0.379 e. The van der Waals surface area contributed by atoms with Crippen LogP contribution in [0.25, 0.3) is 5.57 Å². The summed E-state index contributed by atoms with van der Waals surface area (Å²) in [7, 11) is 2.17. The molecule has 5 heteroatoms. The molecule has 1 amide bonds. The maximum Gasteiger partial charge on any atom is 0.244 e. The molecular weight excluding hydrogens is 326 g/mol. The molecule has 1 aromatic rings. The van der Waals surface area contributed by atoms with Gasteiger partial charge in [-0.15, -0.1) is 0 Å². The van der Waals surface area contributed by atoms with Crippen LogP contribution in [0.4, 0.5) is 0 Å². The van der Waals surface area contributed by atoms with Gasteiger partial charge < -0.3 is 15.0 Å². The molecule has 0 aliphatic carbocycles. The molecule has 0 spiro atoms. The van der Waals surface area contributed by atoms with Crippen molar-refractivity contribution in [1.29, 1.82) is 0 Å². The van der Waals surface area contributed by atoms with Crippen molar-refractivity contribution in [1.82, 2.24) is 15.1 Å². The Morgan fingerprint density at radius 2 is 1.81 bits per heavy atom. The normalized spacial score (nSPS) is 22.2. The Morgan fingerprint density at radius 1 is 1.15 bits per heavy atom. The number of piperidine rings is 1. The Balaban J connectivity index is 1.64. The van der Waals surface area contributed by atoms with Crippen LogP contribution >= 0.6 is 0 Å². The van der Waals surface area contributed by atoms with Crippen LogP contribution in [0.3, 0.4) is 0 Å². The molecule has 3 rings (SSSR count). The number of benzene rings is 1. The van der Waals surface area contributed by atoms with E-state index in [4.69, 9.17) is 4.74 Å². The average Bonchev–Trinajstić information content (AvgIpc) is 2.69. The molecule has 2 aliphatic rings. The van der Waals surface area contributed by atoms with Crippen molar-refractivity contribution >= 4 is 11.5 Å². The third-order valence-corrected chi connectivity index (χ3v) is 5.77. The van der Waals surface area contributed by atoms with Crippen LogP contribution in [0.15, 0.2) is 36.4 Å². The Labute approximate surface area is 157 Å². The van der Waals surface area contributed by atoms with Gasteiger partial charge in [0, 0.05) is 31.2 Å². The molecule has 2 heterocycles. The fourth-order valence-corrected chi connectivity index (χ4v) is 3.96. The van der Waals surface area contributed by atoms with E-state index in [0.29, 0.717) is 6.54 Å². The first-order valence-corrected chi connectivity index (χ1v) is 9.62. The summed E-state index contributed by atoms with van der Waals surface area (Å²) in [5.41, 5.74) is 2.14. The molecule has 142 valence electrons. The van der Waals surface area contributed by atoms with E-state index in [0.717, 1.165) is 63.4 Å². The fourth-order valence-electron chi connectivity index (χ4n) is 3.96. The monoisotopic (exact) mass is 357 g/mol. The van der Waals surface area contributed by atoms with Crippen molar-refractivity contribution in [2.75, 3.05) is 53.0 Å². The maximum atomic E-state index is 12.5. The van der Waals surface area contributed by atoms with E-state index in [1.807, 2.05) is 37.3 Å². The van der Waals surface area contributed by atoms with E-state index in [2.05, 4.69) is 22.2 Å². The summed E-state index contributed by atoms with van der Waals surface area (Å²) in [6.07, 6.45) is 3.90. The van der Waals surface area contributed by atoms with E-state index in [1.165, 1.54) is 0 Å². The number of ether oxygens (including phenoxy) is 1. The van der Waals surface area contributed by atoms with Gasteiger partial charge in [0.1, 0.15) is 0 Å². The van der Waals surface area contributed by atoms with Crippen molar-refractivity contribution in [2.45, 2.75) is 25.3 Å². The van der Waals surface area contributed by atoms with Gasteiger partial charge in [-0.3, -0.25) is 9.69 Å². The predicted molar refractivity (Wildman–Crippen MR) is 105 cm³/mol. The lowest BCUT2D eigenvalue weighted by atomic mass is 9.85. The molecule has 5 nitrogen and oxygen atoms in total. The number of morpholine rings is 1. The highest BCUT2D eigenvalue weighted by Gasteiger charge is 2.39. The van der Waals surface area contributed by atoms with Gasteiger partial charge in [0.15, 0.2) is 0 Å². The number of carbonyl (C=O) groups excluding carboxylic acids is 1. The third-order valence-electron chi connectivity index (χ3n) is 5.77. The van der Waals surface area contributed by atoms with Crippen LogP contribution in [0.1, 0.15) is 25.3 Å². The molecule has 2 saturated heterocycles. The third kappa shape index (κ3) is 4.72. The Bertz CT molecular complexity index is 615. The van der Waals surface area contributed by atoms with Crippen LogP contribution in [0.5, 0.6) is 0 Å². The summed E-state index contributed by atoms with van der Waals surface area (Å²) in [4.78, 5) is 17.4. The smallest absolute Gasteiger partial charge is 0.244 e. The lowest BCUT2D eigenvalue weighted by molar-refractivity contribution is -0.117. The first-order valence-electron chi connectivity index (χ1n) is 9.62. The van der Waals surface area contributed by atoms with E-state index < -0.39 is 0 Å². The van der Waals surface area contributed by atoms with Gasteiger partial charge in [-0.05, 0) is 51.0 Å². The summed E-state index contributed by atoms with van der Waals surface area (Å²) in [5.74, 6) is -0.00193. The van der Waals surface area contributed by atoms with Crippen LogP contribution in [0, 0.1) is 0 Å². The lowest BCUT2D eigenvalue weighted by Crippen LogP contribution is -2.62. The van der Waals surface area contributed by atoms with Crippen molar-refractivity contribution in [3.63, 3.8) is 0 Å². The largest absolute Gasteiger partial charge is 0.379 e. The summed E-state index contributed by atoms with van der Waals surface area (Å²) in [6, 6.07) is 10.0. The van der Waals surface area contributed by atoms with Gasteiger partial charge in [0.25, 0.3) is 0 Å². The van der Waals surface area contributed by atoms with Crippen molar-refractivity contribution in [3.05, 3.63) is 42.0 Å². The highest BCUT2D eigenvalue weighted by molar-refractivity contribution is 5.94. The molecular formula is C21H31N3O2. The van der Waals surface area contributed by atoms with Crippen LogP contribution < -0.4 is 5.32 Å². The molecule has 0 radical (unpaired) electrons. The first kappa shape index (κ1) is 19.1. The second-order valence-corrected chi connectivity index (χ2v) is 7.54. The number of hydrogen-bond donors (Lipinski definition) is 1. The standard InChI is InChI=1S/C21H31N3O2/c1-18(19-6-4-3-5-7-19)16-20(25)22-17-21(8-10-23(2)11-9-21)24-12-14-26-15-13-24/h3-7,16H,8-15,17H2,1-2H3,(H,22,25)/b18-16+. The van der Waals surface area contributed by atoms with Gasteiger partial charge in [-0.2, -0.15) is 0 Å². The number of nitrogens with one attached hydrogen (secondary N) is 1. The quantitative estimate of drug-likeness (QED) is 0.819. The molecule has 2 fully saturated rings. The number of amides is 1. The second-order valence-electron chi connectivity index (χ2n) is 7.54. The zero-order valence-electron chi connectivity index (χ0n) is 16.0. The highest BCUT2D eigenvalue weighted by Crippen LogP contribution is 2.29. The first-order chi connectivity index (χ1) is 12.6. The highest BCUT2D eigenvalue weighted by atomic mass is 16.5. The number of carbonyl (C=O) groups is 1. The van der Waals surface area contributed by atoms with Crippen molar-refractivity contribution < 1.29 is 9.53 Å². The number of rotatable bonds is 5. The van der Waals surface area contributed by atoms with E-state index >= 15 is 0 Å². The molecule has 1 aromatic carbocycles. The zero-order valence-corrected chi connectivity index (χ0v) is 16.0. The minimum atomic E-state index is -0.00193. The molecule has 0 atom stereocenters. The zero-order chi connectivity index (χ0) is 18.4. The van der Waals surface area contributed by atoms with Crippen molar-refractivity contribution in [3.8, 4) is 0 Å². The van der Waals surface area contributed by atoms with E-state index in [9.17, 15) is 4.79 Å². The maximum absolute atomic E-state index is 12.5. The van der Waals surface area contributed by atoms with E-state index in [1.54, 1.807) is 6.08 Å². The van der Waals surface area contributed by atoms with Gasteiger partial charge in [-0.25, -0.2) is 0 Å². The Morgan fingerprint density at radius 3 is 2.46 bits per heavy atom. The Kier molecular flexibility index (Phi) is 6.46. The summed E-state index contributed by atoms with van der Waals surface area (Å²) in [6.45, 7) is 8.34. The van der Waals surface area contributed by atoms with Crippen LogP contribution in [0.2, 0.25) is 0 Å². The SMILES string of the molecule is C/C(=C\C(=O)NCC1(N2CCOCC2)CCN(C)CC1)c1ccccc1. The number of allylic oxidation sites excluding steroid dienone is 1. The predicted octanol–water partition coefficient (Wildman–Crippen LogP) is 2.00. The Hall–Kier alpha value is -1.69. The summed E-state index contributed by atoms with van der Waals surface area (Å²) >= 11 is 0. The molecule has 1 N–H and O–H groups in total. The number of nitrogens with zero attached hydrogens (tertiary/aromatic N) is 2. The van der Waals surface area contributed by atoms with Crippen molar-refractivity contribution in [2.24, 2.45) is 0 Å². The number of likely N-dealkylation sites (tertiary alicyclic amines) is 1.